The second-order valence-electron chi connectivity index (χ2n) is 5.83. The lowest BCUT2D eigenvalue weighted by Crippen LogP contribution is -2.40. The third-order valence-corrected chi connectivity index (χ3v) is 4.33. The zero-order valence-electron chi connectivity index (χ0n) is 13.3. The number of carbonyl (C=O) groups excluding carboxylic acids is 2. The zero-order valence-corrected chi connectivity index (χ0v) is 13.3. The number of amides is 2. The van der Waals surface area contributed by atoms with Gasteiger partial charge in [-0.05, 0) is 42.1 Å². The summed E-state index contributed by atoms with van der Waals surface area (Å²) in [5, 5.41) is 4.79. The van der Waals surface area contributed by atoms with Crippen LogP contribution in [0.15, 0.2) is 59.7 Å². The van der Waals surface area contributed by atoms with Gasteiger partial charge in [-0.2, -0.15) is 0 Å². The first-order chi connectivity index (χ1) is 12.1. The number of nitrogens with zero attached hydrogens (tertiary/aromatic N) is 4. The van der Waals surface area contributed by atoms with Crippen LogP contribution in [0.5, 0.6) is 0 Å². The van der Waals surface area contributed by atoms with E-state index in [2.05, 4.69) is 10.0 Å². The molecular weight excluding hydrogens is 316 g/mol. The summed E-state index contributed by atoms with van der Waals surface area (Å²) in [6.45, 7) is 1.94. The van der Waals surface area contributed by atoms with Crippen LogP contribution < -0.4 is 4.90 Å². The molecule has 25 heavy (non-hydrogen) atoms. The third-order valence-electron chi connectivity index (χ3n) is 4.33. The molecule has 0 atom stereocenters. The Morgan fingerprint density at radius 2 is 1.60 bits per heavy atom. The Kier molecular flexibility index (Phi) is 3.27. The number of hydrogen-bond acceptors (Lipinski definition) is 3. The standard InChI is InChI=1S/C19H12N4O2/c1-11-5-7-12(8-6-11)23-18(24)14-4-2-3-13-16(21-22-20)10-9-15(17(13)14)19(23)25/h2-10H,1H3. The van der Waals surface area contributed by atoms with E-state index in [1.807, 2.05) is 19.1 Å². The smallest absolute Gasteiger partial charge is 0.265 e. The lowest BCUT2D eigenvalue weighted by Gasteiger charge is -2.27. The van der Waals surface area contributed by atoms with Crippen molar-refractivity contribution >= 4 is 34.0 Å². The molecule has 0 fully saturated rings. The first kappa shape index (κ1) is 14.9. The molecule has 120 valence electrons. The van der Waals surface area contributed by atoms with E-state index in [1.165, 1.54) is 4.90 Å². The molecular formula is C19H12N4O2. The summed E-state index contributed by atoms with van der Waals surface area (Å²) in [6.07, 6.45) is 0. The predicted octanol–water partition coefficient (Wildman–Crippen LogP) is 4.89. The van der Waals surface area contributed by atoms with Gasteiger partial charge >= 0.3 is 0 Å². The van der Waals surface area contributed by atoms with Crippen LogP contribution in [0.3, 0.4) is 0 Å². The van der Waals surface area contributed by atoms with Crippen LogP contribution in [0.4, 0.5) is 11.4 Å². The monoisotopic (exact) mass is 328 g/mol. The Hall–Kier alpha value is -3.63. The van der Waals surface area contributed by atoms with E-state index < -0.39 is 0 Å². The van der Waals surface area contributed by atoms with Crippen molar-refractivity contribution in [3.63, 3.8) is 0 Å². The molecule has 0 saturated carbocycles. The van der Waals surface area contributed by atoms with Crippen LogP contribution in [-0.4, -0.2) is 11.8 Å². The minimum absolute atomic E-state index is 0.384. The minimum Gasteiger partial charge on any atom is -0.268 e. The lowest BCUT2D eigenvalue weighted by atomic mass is 9.93. The summed E-state index contributed by atoms with van der Waals surface area (Å²) in [7, 11) is 0. The van der Waals surface area contributed by atoms with Gasteiger partial charge in [-0.1, -0.05) is 41.0 Å². The van der Waals surface area contributed by atoms with Crippen molar-refractivity contribution < 1.29 is 9.59 Å². The normalized spacial score (nSPS) is 13.1. The molecule has 3 aromatic rings. The number of benzene rings is 3. The van der Waals surface area contributed by atoms with Crippen molar-refractivity contribution in [3.8, 4) is 0 Å². The zero-order chi connectivity index (χ0) is 17.6. The third kappa shape index (κ3) is 2.16. The summed E-state index contributed by atoms with van der Waals surface area (Å²) in [5.41, 5.74) is 11.5. The van der Waals surface area contributed by atoms with Gasteiger partial charge in [-0.25, -0.2) is 4.90 Å². The lowest BCUT2D eigenvalue weighted by molar-refractivity contribution is 0.0893. The molecule has 0 bridgehead atoms. The molecule has 2 amide bonds. The maximum atomic E-state index is 13.0. The quantitative estimate of drug-likeness (QED) is 0.290. The SMILES string of the molecule is Cc1ccc(N2C(=O)c3cccc4c(N=[N+]=[N-])ccc(c34)C2=O)cc1. The molecule has 0 radical (unpaired) electrons. The highest BCUT2D eigenvalue weighted by atomic mass is 16.2. The molecule has 0 N–H and O–H groups in total. The summed E-state index contributed by atoms with van der Waals surface area (Å²) < 4.78 is 0. The Labute approximate surface area is 142 Å². The number of hydrogen-bond donors (Lipinski definition) is 0. The van der Waals surface area contributed by atoms with E-state index in [4.69, 9.17) is 5.53 Å². The van der Waals surface area contributed by atoms with Gasteiger partial charge in [0, 0.05) is 27.1 Å². The van der Waals surface area contributed by atoms with E-state index in [-0.39, 0.29) is 11.8 Å². The molecule has 0 spiro atoms. The molecule has 0 saturated heterocycles. The first-order valence-corrected chi connectivity index (χ1v) is 7.68. The van der Waals surface area contributed by atoms with Crippen molar-refractivity contribution in [2.24, 2.45) is 5.11 Å². The van der Waals surface area contributed by atoms with Crippen LogP contribution in [0.1, 0.15) is 26.3 Å². The maximum Gasteiger partial charge on any atom is 0.265 e. The molecule has 1 aliphatic heterocycles. The number of azide groups is 1. The van der Waals surface area contributed by atoms with E-state index in [9.17, 15) is 9.59 Å². The van der Waals surface area contributed by atoms with Crippen molar-refractivity contribution in [3.05, 3.63) is 81.7 Å². The van der Waals surface area contributed by atoms with E-state index in [0.29, 0.717) is 33.3 Å². The van der Waals surface area contributed by atoms with Gasteiger partial charge in [0.15, 0.2) is 0 Å². The number of rotatable bonds is 2. The fourth-order valence-electron chi connectivity index (χ4n) is 3.14. The van der Waals surface area contributed by atoms with Crippen LogP contribution in [-0.2, 0) is 0 Å². The summed E-state index contributed by atoms with van der Waals surface area (Å²) in [6, 6.07) is 15.6. The van der Waals surface area contributed by atoms with Crippen molar-refractivity contribution in [1.82, 2.24) is 0 Å². The molecule has 6 nitrogen and oxygen atoms in total. The van der Waals surface area contributed by atoms with E-state index in [0.717, 1.165) is 5.56 Å². The van der Waals surface area contributed by atoms with Crippen LogP contribution in [0.2, 0.25) is 0 Å². The number of anilines is 1. The minimum atomic E-state index is -0.384. The predicted molar refractivity (Wildman–Crippen MR) is 95.1 cm³/mol. The van der Waals surface area contributed by atoms with Crippen LogP contribution in [0, 0.1) is 6.92 Å². The van der Waals surface area contributed by atoms with Crippen molar-refractivity contribution in [1.29, 1.82) is 0 Å². The average Bonchev–Trinajstić information content (AvgIpc) is 2.62. The highest BCUT2D eigenvalue weighted by Crippen LogP contribution is 2.37. The number of carbonyl (C=O) groups is 2. The van der Waals surface area contributed by atoms with Gasteiger partial charge in [0.2, 0.25) is 0 Å². The number of imide groups is 1. The Morgan fingerprint density at radius 3 is 2.28 bits per heavy atom. The molecule has 0 aromatic heterocycles. The molecule has 6 heteroatoms. The Morgan fingerprint density at radius 1 is 0.920 bits per heavy atom. The Balaban J connectivity index is 1.99. The first-order valence-electron chi connectivity index (χ1n) is 7.68. The van der Waals surface area contributed by atoms with Crippen LogP contribution in [0.25, 0.3) is 21.2 Å². The molecule has 0 aliphatic carbocycles. The highest BCUT2D eigenvalue weighted by Gasteiger charge is 2.34. The summed E-state index contributed by atoms with van der Waals surface area (Å²) in [5.74, 6) is -0.768. The number of aryl methyl sites for hydroxylation is 1. The van der Waals surface area contributed by atoms with Gasteiger partial charge in [0.25, 0.3) is 11.8 Å². The van der Waals surface area contributed by atoms with Gasteiger partial charge in [-0.3, -0.25) is 9.59 Å². The Bertz CT molecular complexity index is 1070. The summed E-state index contributed by atoms with van der Waals surface area (Å²) >= 11 is 0. The molecule has 3 aromatic carbocycles. The topological polar surface area (TPSA) is 86.1 Å². The fourth-order valence-corrected chi connectivity index (χ4v) is 3.14. The maximum absolute atomic E-state index is 13.0. The second kappa shape index (κ2) is 5.47. The molecule has 0 unspecified atom stereocenters. The van der Waals surface area contributed by atoms with Crippen molar-refractivity contribution in [2.45, 2.75) is 6.92 Å². The van der Waals surface area contributed by atoms with Gasteiger partial charge in [-0.15, -0.1) is 0 Å². The molecule has 1 aliphatic rings. The molecule has 4 rings (SSSR count). The van der Waals surface area contributed by atoms with Gasteiger partial charge in [0.1, 0.15) is 0 Å². The van der Waals surface area contributed by atoms with Crippen molar-refractivity contribution in [2.75, 3.05) is 4.90 Å². The van der Waals surface area contributed by atoms with E-state index in [1.54, 1.807) is 42.5 Å². The second-order valence-corrected chi connectivity index (χ2v) is 5.83. The highest BCUT2D eigenvalue weighted by molar-refractivity contribution is 6.36. The fraction of sp³-hybridized carbons (Fsp3) is 0.0526. The largest absolute Gasteiger partial charge is 0.268 e. The summed E-state index contributed by atoms with van der Waals surface area (Å²) in [4.78, 5) is 29.9. The van der Waals surface area contributed by atoms with Gasteiger partial charge < -0.3 is 0 Å². The average molecular weight is 328 g/mol. The molecule has 1 heterocycles. The van der Waals surface area contributed by atoms with Gasteiger partial charge in [0.05, 0.1) is 5.69 Å². The van der Waals surface area contributed by atoms with Crippen LogP contribution >= 0.6 is 0 Å². The van der Waals surface area contributed by atoms with E-state index >= 15 is 0 Å².